The van der Waals surface area contributed by atoms with Crippen molar-refractivity contribution in [2.75, 3.05) is 0 Å². The minimum atomic E-state index is 0. The molecule has 0 amide bonds. The van der Waals surface area contributed by atoms with Crippen LogP contribution in [0.3, 0.4) is 0 Å². The van der Waals surface area contributed by atoms with Crippen molar-refractivity contribution in [3.05, 3.63) is 44.8 Å². The Morgan fingerprint density at radius 2 is 1.31 bits per heavy atom. The predicted octanol–water partition coefficient (Wildman–Crippen LogP) is 3.60. The van der Waals surface area contributed by atoms with Gasteiger partial charge in [-0.1, -0.05) is 12.1 Å². The Hall–Kier alpha value is -0.0613. The maximum absolute atomic E-state index is 2.15. The molecule has 0 bridgehead atoms. The van der Waals surface area contributed by atoms with Gasteiger partial charge >= 0.3 is 0 Å². The molecule has 2 aromatic heterocycles. The fourth-order valence-corrected chi connectivity index (χ4v) is 2.17. The molecule has 0 saturated heterocycles. The quantitative estimate of drug-likeness (QED) is 0.744. The second kappa shape index (κ2) is 5.62. The van der Waals surface area contributed by atoms with Crippen molar-refractivity contribution < 1.29 is 0 Å². The molecule has 0 aliphatic rings. The Balaban J connectivity index is 0.000000845. The molecule has 0 aliphatic heterocycles. The third-order valence-electron chi connectivity index (χ3n) is 1.50. The average Bonchev–Trinajstić information content (AvgIpc) is 2.74. The Morgan fingerprint density at radius 3 is 1.62 bits per heavy atom. The summed E-state index contributed by atoms with van der Waals surface area (Å²) in [7, 11) is 0. The normalized spacial score (nSPS) is 10.2. The van der Waals surface area contributed by atoms with E-state index in [1.165, 1.54) is 9.75 Å². The molecule has 2 heterocycles. The summed E-state index contributed by atoms with van der Waals surface area (Å²) in [5.41, 5.74) is 0. The molecule has 3 heteroatoms. The standard InChI is InChI=1S/C10H8S2.Sn/c1-3-9(11-7-1)5-6-10-4-2-8-12-10;/h1-8H;. The Labute approximate surface area is 103 Å². The maximum atomic E-state index is 2.15. The van der Waals surface area contributed by atoms with Gasteiger partial charge < -0.3 is 0 Å². The third kappa shape index (κ3) is 3.29. The van der Waals surface area contributed by atoms with Gasteiger partial charge in [0.2, 0.25) is 0 Å². The van der Waals surface area contributed by atoms with E-state index >= 15 is 0 Å². The van der Waals surface area contributed by atoms with E-state index in [-0.39, 0.29) is 23.9 Å². The van der Waals surface area contributed by atoms with Crippen LogP contribution < -0.4 is 0 Å². The molecule has 2 rings (SSSR count). The number of rotatable bonds is 2. The Bertz CT molecular complexity index is 310. The first-order chi connectivity index (χ1) is 5.95. The van der Waals surface area contributed by atoms with Crippen LogP contribution in [0.25, 0.3) is 12.2 Å². The molecular formula is C10H8S2Sn. The average molecular weight is 311 g/mol. The van der Waals surface area contributed by atoms with E-state index in [0.717, 1.165) is 0 Å². The fourth-order valence-electron chi connectivity index (χ4n) is 0.936. The first-order valence-corrected chi connectivity index (χ1v) is 5.46. The Morgan fingerprint density at radius 1 is 0.846 bits per heavy atom. The van der Waals surface area contributed by atoms with Gasteiger partial charge in [-0.3, -0.25) is 0 Å². The first kappa shape index (κ1) is 11.0. The summed E-state index contributed by atoms with van der Waals surface area (Å²) in [5.74, 6) is 0. The van der Waals surface area contributed by atoms with Crippen LogP contribution in [0.5, 0.6) is 0 Å². The third-order valence-corrected chi connectivity index (χ3v) is 3.17. The van der Waals surface area contributed by atoms with E-state index in [2.05, 4.69) is 47.2 Å². The zero-order valence-corrected chi connectivity index (χ0v) is 11.4. The molecule has 0 atom stereocenters. The van der Waals surface area contributed by atoms with Crippen LogP contribution in [0.4, 0.5) is 0 Å². The summed E-state index contributed by atoms with van der Waals surface area (Å²) in [6.07, 6.45) is 4.30. The summed E-state index contributed by atoms with van der Waals surface area (Å²) in [5, 5.41) is 4.18. The minimum Gasteiger partial charge on any atom is -0.144 e. The molecule has 2 aromatic rings. The van der Waals surface area contributed by atoms with Gasteiger partial charge in [0, 0.05) is 33.7 Å². The van der Waals surface area contributed by atoms with Gasteiger partial charge in [0.05, 0.1) is 0 Å². The smallest absolute Gasteiger partial charge is 0.0270 e. The molecule has 0 aromatic carbocycles. The topological polar surface area (TPSA) is 0 Å². The predicted molar refractivity (Wildman–Crippen MR) is 63.3 cm³/mol. The van der Waals surface area contributed by atoms with Crippen LogP contribution in [0.1, 0.15) is 9.75 Å². The summed E-state index contributed by atoms with van der Waals surface area (Å²) < 4.78 is 0. The van der Waals surface area contributed by atoms with Gasteiger partial charge in [-0.05, 0) is 35.0 Å². The summed E-state index contributed by atoms with van der Waals surface area (Å²) in [6, 6.07) is 8.38. The zero-order valence-electron chi connectivity index (χ0n) is 6.94. The Kier molecular flexibility index (Phi) is 4.76. The van der Waals surface area contributed by atoms with Crippen LogP contribution in [0.15, 0.2) is 35.0 Å². The molecule has 0 saturated carbocycles. The van der Waals surface area contributed by atoms with Gasteiger partial charge in [-0.15, -0.1) is 22.7 Å². The molecule has 64 valence electrons. The molecule has 13 heavy (non-hydrogen) atoms. The monoisotopic (exact) mass is 312 g/mol. The summed E-state index contributed by atoms with van der Waals surface area (Å²) >= 11 is 3.53. The van der Waals surface area contributed by atoms with E-state index in [1.807, 2.05) is 0 Å². The molecular weight excluding hydrogens is 303 g/mol. The van der Waals surface area contributed by atoms with Crippen molar-refractivity contribution in [2.45, 2.75) is 0 Å². The molecule has 0 aliphatic carbocycles. The second-order valence-electron chi connectivity index (χ2n) is 2.36. The van der Waals surface area contributed by atoms with E-state index in [0.29, 0.717) is 0 Å². The molecule has 0 spiro atoms. The van der Waals surface area contributed by atoms with E-state index in [4.69, 9.17) is 0 Å². The molecule has 0 fully saturated rings. The van der Waals surface area contributed by atoms with Crippen LogP contribution in [0, 0.1) is 0 Å². The molecule has 4 radical (unpaired) electrons. The van der Waals surface area contributed by atoms with E-state index in [9.17, 15) is 0 Å². The van der Waals surface area contributed by atoms with Gasteiger partial charge in [0.25, 0.3) is 0 Å². The number of hydrogen-bond donors (Lipinski definition) is 0. The van der Waals surface area contributed by atoms with Crippen molar-refractivity contribution in [1.82, 2.24) is 0 Å². The minimum absolute atomic E-state index is 0. The van der Waals surface area contributed by atoms with Crippen molar-refractivity contribution in [1.29, 1.82) is 0 Å². The number of thiophene rings is 2. The van der Waals surface area contributed by atoms with E-state index < -0.39 is 0 Å². The van der Waals surface area contributed by atoms with Crippen LogP contribution in [-0.4, -0.2) is 23.9 Å². The summed E-state index contributed by atoms with van der Waals surface area (Å²) in [6.45, 7) is 0. The largest absolute Gasteiger partial charge is 0.144 e. The first-order valence-electron chi connectivity index (χ1n) is 3.70. The van der Waals surface area contributed by atoms with E-state index in [1.54, 1.807) is 22.7 Å². The zero-order chi connectivity index (χ0) is 8.23. The molecule has 0 nitrogen and oxygen atoms in total. The molecule has 0 N–H and O–H groups in total. The number of hydrogen-bond acceptors (Lipinski definition) is 2. The summed E-state index contributed by atoms with van der Waals surface area (Å²) in [4.78, 5) is 2.62. The van der Waals surface area contributed by atoms with Gasteiger partial charge in [-0.2, -0.15) is 0 Å². The van der Waals surface area contributed by atoms with Gasteiger partial charge in [0.1, 0.15) is 0 Å². The van der Waals surface area contributed by atoms with Gasteiger partial charge in [0.15, 0.2) is 0 Å². The SMILES string of the molecule is C(=Cc1cccs1)c1cccs1.[Sn]. The van der Waals surface area contributed by atoms with Crippen molar-refractivity contribution in [3.63, 3.8) is 0 Å². The fraction of sp³-hybridized carbons (Fsp3) is 0. The van der Waals surface area contributed by atoms with Gasteiger partial charge in [-0.25, -0.2) is 0 Å². The van der Waals surface area contributed by atoms with Crippen LogP contribution in [0.2, 0.25) is 0 Å². The maximum Gasteiger partial charge on any atom is 0.0270 e. The van der Waals surface area contributed by atoms with Crippen molar-refractivity contribution >= 4 is 58.7 Å². The second-order valence-corrected chi connectivity index (χ2v) is 4.32. The van der Waals surface area contributed by atoms with Crippen molar-refractivity contribution in [3.8, 4) is 0 Å². The van der Waals surface area contributed by atoms with Crippen LogP contribution in [-0.2, 0) is 0 Å². The van der Waals surface area contributed by atoms with Crippen molar-refractivity contribution in [2.24, 2.45) is 0 Å². The van der Waals surface area contributed by atoms with Crippen LogP contribution >= 0.6 is 22.7 Å². The molecule has 0 unspecified atom stereocenters.